The molecular weight excluding hydrogens is 330 g/mol. The highest BCUT2D eigenvalue weighted by molar-refractivity contribution is 5.89. The van der Waals surface area contributed by atoms with Gasteiger partial charge in [0.1, 0.15) is 0 Å². The van der Waals surface area contributed by atoms with Gasteiger partial charge in [0.2, 0.25) is 6.23 Å². The van der Waals surface area contributed by atoms with Crippen LogP contribution in [0.15, 0.2) is 60.7 Å². The second kappa shape index (κ2) is 9.61. The van der Waals surface area contributed by atoms with E-state index in [2.05, 4.69) is 0 Å². The van der Waals surface area contributed by atoms with Crippen LogP contribution in [0.1, 0.15) is 42.9 Å². The maximum Gasteiger partial charge on any atom is 0.412 e. The Morgan fingerprint density at radius 2 is 1.54 bits per heavy atom. The zero-order valence-corrected chi connectivity index (χ0v) is 15.4. The second-order valence-corrected chi connectivity index (χ2v) is 6.29. The smallest absolute Gasteiger partial charge is 0.412 e. The first kappa shape index (κ1) is 19.5. The SMILES string of the molecule is CCN(C(=O)OCC(C)C)C(OC(=O)c1ccccc1)c1ccccc1. The van der Waals surface area contributed by atoms with Gasteiger partial charge in [0.05, 0.1) is 12.2 Å². The fourth-order valence-corrected chi connectivity index (χ4v) is 2.38. The average molecular weight is 355 g/mol. The van der Waals surface area contributed by atoms with Crippen LogP contribution < -0.4 is 0 Å². The number of nitrogens with zero attached hydrogens (tertiary/aromatic N) is 1. The molecule has 2 aromatic rings. The highest BCUT2D eigenvalue weighted by atomic mass is 16.6. The van der Waals surface area contributed by atoms with Gasteiger partial charge >= 0.3 is 12.1 Å². The molecule has 1 unspecified atom stereocenters. The van der Waals surface area contributed by atoms with Gasteiger partial charge in [-0.05, 0) is 25.0 Å². The van der Waals surface area contributed by atoms with Gasteiger partial charge in [-0.25, -0.2) is 9.59 Å². The van der Waals surface area contributed by atoms with Crippen LogP contribution in [0.25, 0.3) is 0 Å². The lowest BCUT2D eigenvalue weighted by Crippen LogP contribution is -2.38. The molecule has 5 nitrogen and oxygen atoms in total. The summed E-state index contributed by atoms with van der Waals surface area (Å²) in [4.78, 5) is 26.5. The zero-order valence-electron chi connectivity index (χ0n) is 15.4. The number of amides is 1. The quantitative estimate of drug-likeness (QED) is 0.535. The van der Waals surface area contributed by atoms with E-state index < -0.39 is 18.3 Å². The standard InChI is InChI=1S/C21H25NO4/c1-4-22(21(24)25-15-16(2)3)19(17-11-7-5-8-12-17)26-20(23)18-13-9-6-10-14-18/h5-14,16,19H,4,15H2,1-3H3. The lowest BCUT2D eigenvalue weighted by molar-refractivity contribution is -0.0318. The Hall–Kier alpha value is -2.82. The van der Waals surface area contributed by atoms with Crippen molar-refractivity contribution in [3.63, 3.8) is 0 Å². The lowest BCUT2D eigenvalue weighted by Gasteiger charge is -2.30. The van der Waals surface area contributed by atoms with Crippen LogP contribution >= 0.6 is 0 Å². The molecule has 0 bridgehead atoms. The van der Waals surface area contributed by atoms with Gasteiger partial charge < -0.3 is 9.47 Å². The van der Waals surface area contributed by atoms with Crippen molar-refractivity contribution in [3.05, 3.63) is 71.8 Å². The van der Waals surface area contributed by atoms with Crippen molar-refractivity contribution in [2.75, 3.05) is 13.2 Å². The van der Waals surface area contributed by atoms with Crippen LogP contribution in [0.4, 0.5) is 4.79 Å². The number of benzene rings is 2. The average Bonchev–Trinajstić information content (AvgIpc) is 2.67. The summed E-state index contributed by atoms with van der Waals surface area (Å²) in [6.07, 6.45) is -1.36. The zero-order chi connectivity index (χ0) is 18.9. The minimum absolute atomic E-state index is 0.222. The van der Waals surface area contributed by atoms with E-state index in [0.717, 1.165) is 0 Å². The van der Waals surface area contributed by atoms with Crippen LogP contribution in [-0.2, 0) is 9.47 Å². The van der Waals surface area contributed by atoms with Crippen molar-refractivity contribution >= 4 is 12.1 Å². The van der Waals surface area contributed by atoms with Gasteiger partial charge in [0, 0.05) is 12.1 Å². The summed E-state index contributed by atoms with van der Waals surface area (Å²) in [6.45, 7) is 6.41. The molecule has 0 radical (unpaired) electrons. The van der Waals surface area contributed by atoms with Crippen LogP contribution in [-0.4, -0.2) is 30.1 Å². The summed E-state index contributed by atoms with van der Waals surface area (Å²) in [7, 11) is 0. The Morgan fingerprint density at radius 3 is 2.08 bits per heavy atom. The minimum Gasteiger partial charge on any atom is -0.449 e. The summed E-state index contributed by atoms with van der Waals surface area (Å²) in [5.41, 5.74) is 1.14. The molecule has 138 valence electrons. The van der Waals surface area contributed by atoms with Crippen LogP contribution in [0.3, 0.4) is 0 Å². The van der Waals surface area contributed by atoms with Crippen LogP contribution in [0.5, 0.6) is 0 Å². The van der Waals surface area contributed by atoms with Crippen molar-refractivity contribution in [1.82, 2.24) is 4.90 Å². The van der Waals surface area contributed by atoms with Gasteiger partial charge in [-0.15, -0.1) is 0 Å². The topological polar surface area (TPSA) is 55.8 Å². The molecule has 5 heteroatoms. The first-order chi connectivity index (χ1) is 12.5. The molecule has 26 heavy (non-hydrogen) atoms. The molecule has 0 aliphatic heterocycles. The third-order valence-corrected chi connectivity index (χ3v) is 3.71. The predicted octanol–water partition coefficient (Wildman–Crippen LogP) is 4.66. The van der Waals surface area contributed by atoms with E-state index in [0.29, 0.717) is 24.3 Å². The molecule has 1 atom stereocenters. The highest BCUT2D eigenvalue weighted by Gasteiger charge is 2.29. The summed E-state index contributed by atoms with van der Waals surface area (Å²) >= 11 is 0. The predicted molar refractivity (Wildman–Crippen MR) is 99.6 cm³/mol. The number of hydrogen-bond donors (Lipinski definition) is 0. The maximum atomic E-state index is 12.5. The first-order valence-corrected chi connectivity index (χ1v) is 8.77. The molecule has 0 spiro atoms. The fraction of sp³-hybridized carbons (Fsp3) is 0.333. The van der Waals surface area contributed by atoms with Crippen molar-refractivity contribution < 1.29 is 19.1 Å². The van der Waals surface area contributed by atoms with E-state index in [1.54, 1.807) is 24.3 Å². The Bertz CT molecular complexity index is 700. The van der Waals surface area contributed by atoms with Crippen molar-refractivity contribution in [2.45, 2.75) is 27.0 Å². The summed E-state index contributed by atoms with van der Waals surface area (Å²) in [5, 5.41) is 0. The van der Waals surface area contributed by atoms with Crippen molar-refractivity contribution in [2.24, 2.45) is 5.92 Å². The number of rotatable bonds is 7. The lowest BCUT2D eigenvalue weighted by atomic mass is 10.1. The van der Waals surface area contributed by atoms with Gasteiger partial charge in [0.15, 0.2) is 0 Å². The third-order valence-electron chi connectivity index (χ3n) is 3.71. The molecule has 2 rings (SSSR count). The largest absolute Gasteiger partial charge is 0.449 e. The van der Waals surface area contributed by atoms with E-state index in [4.69, 9.17) is 9.47 Å². The van der Waals surface area contributed by atoms with E-state index in [1.165, 1.54) is 4.90 Å². The fourth-order valence-electron chi connectivity index (χ4n) is 2.38. The Labute approximate surface area is 154 Å². The molecule has 0 saturated heterocycles. The molecule has 0 fully saturated rings. The van der Waals surface area contributed by atoms with E-state index >= 15 is 0 Å². The number of esters is 1. The molecule has 0 aromatic heterocycles. The molecular formula is C21H25NO4. The number of ether oxygens (including phenoxy) is 2. The Balaban J connectivity index is 2.25. The maximum absolute atomic E-state index is 12.5. The van der Waals surface area contributed by atoms with E-state index in [-0.39, 0.29) is 5.92 Å². The molecule has 0 N–H and O–H groups in total. The second-order valence-electron chi connectivity index (χ2n) is 6.29. The van der Waals surface area contributed by atoms with E-state index in [1.807, 2.05) is 57.2 Å². The number of carbonyl (C=O) groups excluding carboxylic acids is 2. The Kier molecular flexibility index (Phi) is 7.21. The minimum atomic E-state index is -0.853. The van der Waals surface area contributed by atoms with Crippen molar-refractivity contribution in [1.29, 1.82) is 0 Å². The van der Waals surface area contributed by atoms with Gasteiger partial charge in [-0.2, -0.15) is 0 Å². The Morgan fingerprint density at radius 1 is 0.962 bits per heavy atom. The van der Waals surface area contributed by atoms with Gasteiger partial charge in [-0.3, -0.25) is 4.90 Å². The summed E-state index contributed by atoms with van der Waals surface area (Å²) in [6, 6.07) is 17.9. The molecule has 0 aliphatic carbocycles. The normalized spacial score (nSPS) is 11.7. The first-order valence-electron chi connectivity index (χ1n) is 8.77. The third kappa shape index (κ3) is 5.34. The molecule has 2 aromatic carbocycles. The molecule has 1 amide bonds. The number of carbonyl (C=O) groups is 2. The van der Waals surface area contributed by atoms with E-state index in [9.17, 15) is 9.59 Å². The highest BCUT2D eigenvalue weighted by Crippen LogP contribution is 2.24. The molecule has 0 saturated carbocycles. The molecule has 0 heterocycles. The van der Waals surface area contributed by atoms with Gasteiger partial charge in [0.25, 0.3) is 0 Å². The monoisotopic (exact) mass is 355 g/mol. The van der Waals surface area contributed by atoms with Crippen LogP contribution in [0, 0.1) is 5.92 Å². The summed E-state index contributed by atoms with van der Waals surface area (Å²) in [5.74, 6) is -0.269. The van der Waals surface area contributed by atoms with Gasteiger partial charge in [-0.1, -0.05) is 62.4 Å². The summed E-state index contributed by atoms with van der Waals surface area (Å²) < 4.78 is 11.0. The molecule has 0 aliphatic rings. The van der Waals surface area contributed by atoms with Crippen molar-refractivity contribution in [3.8, 4) is 0 Å². The number of hydrogen-bond acceptors (Lipinski definition) is 4. The van der Waals surface area contributed by atoms with Crippen LogP contribution in [0.2, 0.25) is 0 Å².